The molecule has 0 amide bonds. The van der Waals surface area contributed by atoms with Crippen molar-refractivity contribution in [1.82, 2.24) is 5.32 Å². The van der Waals surface area contributed by atoms with E-state index >= 15 is 0 Å². The first-order chi connectivity index (χ1) is 7.09. The highest BCUT2D eigenvalue weighted by Crippen LogP contribution is 2.17. The van der Waals surface area contributed by atoms with Crippen LogP contribution in [-0.2, 0) is 6.54 Å². The summed E-state index contributed by atoms with van der Waals surface area (Å²) in [6.07, 6.45) is 0.454. The van der Waals surface area contributed by atoms with Crippen molar-refractivity contribution in [2.75, 3.05) is 6.54 Å². The fourth-order valence-corrected chi connectivity index (χ4v) is 1.39. The van der Waals surface area contributed by atoms with Gasteiger partial charge in [-0.1, -0.05) is 17.7 Å². The number of aliphatic hydroxyl groups excluding tert-OH is 1. The summed E-state index contributed by atoms with van der Waals surface area (Å²) < 4.78 is 0. The van der Waals surface area contributed by atoms with Crippen molar-refractivity contribution >= 4 is 0 Å². The number of nitrogens with one attached hydrogen (secondary N) is 1. The van der Waals surface area contributed by atoms with E-state index in [2.05, 4.69) is 5.32 Å². The summed E-state index contributed by atoms with van der Waals surface area (Å²) in [6, 6.07) is 5.56. The number of phenolic OH excluding ortho intramolecular Hbond substituents is 1. The van der Waals surface area contributed by atoms with Gasteiger partial charge in [0.05, 0.1) is 6.10 Å². The molecular formula is C12H19NO2. The van der Waals surface area contributed by atoms with Crippen LogP contribution in [0.3, 0.4) is 0 Å². The molecule has 3 N–H and O–H groups in total. The highest BCUT2D eigenvalue weighted by molar-refractivity contribution is 5.35. The van der Waals surface area contributed by atoms with E-state index in [1.54, 1.807) is 13.0 Å². The third kappa shape index (κ3) is 4.32. The van der Waals surface area contributed by atoms with E-state index in [4.69, 9.17) is 5.11 Å². The number of hydrogen-bond donors (Lipinski definition) is 3. The minimum Gasteiger partial charge on any atom is -0.508 e. The van der Waals surface area contributed by atoms with Crippen LogP contribution in [0.4, 0.5) is 0 Å². The highest BCUT2D eigenvalue weighted by Gasteiger charge is 2.01. The Hall–Kier alpha value is -1.06. The second kappa shape index (κ2) is 5.73. The average molecular weight is 209 g/mol. The minimum absolute atomic E-state index is 0.274. The Morgan fingerprint density at radius 2 is 2.13 bits per heavy atom. The summed E-state index contributed by atoms with van der Waals surface area (Å²) in [5, 5.41) is 21.8. The average Bonchev–Trinajstić information content (AvgIpc) is 2.17. The molecule has 1 aromatic rings. The molecule has 1 aromatic carbocycles. The second-order valence-corrected chi connectivity index (χ2v) is 3.95. The number of aliphatic hydroxyl groups is 1. The zero-order chi connectivity index (χ0) is 11.3. The first-order valence-corrected chi connectivity index (χ1v) is 5.27. The number of hydrogen-bond acceptors (Lipinski definition) is 3. The first-order valence-electron chi connectivity index (χ1n) is 5.27. The van der Waals surface area contributed by atoms with Crippen LogP contribution in [0.15, 0.2) is 18.2 Å². The van der Waals surface area contributed by atoms with Crippen molar-refractivity contribution in [3.63, 3.8) is 0 Å². The smallest absolute Gasteiger partial charge is 0.120 e. The SMILES string of the molecule is Cc1ccc(O)c(CNCC[C@@H](C)O)c1. The molecule has 0 radical (unpaired) electrons. The highest BCUT2D eigenvalue weighted by atomic mass is 16.3. The molecule has 0 saturated carbocycles. The Morgan fingerprint density at radius 3 is 2.80 bits per heavy atom. The molecule has 0 aliphatic rings. The normalized spacial score (nSPS) is 12.7. The van der Waals surface area contributed by atoms with E-state index in [0.29, 0.717) is 12.3 Å². The summed E-state index contributed by atoms with van der Waals surface area (Å²) in [4.78, 5) is 0. The van der Waals surface area contributed by atoms with Crippen LogP contribution in [-0.4, -0.2) is 22.9 Å². The predicted molar refractivity (Wildman–Crippen MR) is 60.8 cm³/mol. The maximum atomic E-state index is 9.55. The molecule has 0 aliphatic carbocycles. The lowest BCUT2D eigenvalue weighted by molar-refractivity contribution is 0.183. The van der Waals surface area contributed by atoms with Gasteiger partial charge < -0.3 is 15.5 Å². The molecule has 0 heterocycles. The van der Waals surface area contributed by atoms with Crippen LogP contribution >= 0.6 is 0 Å². The molecule has 15 heavy (non-hydrogen) atoms. The van der Waals surface area contributed by atoms with Gasteiger partial charge >= 0.3 is 0 Å². The van der Waals surface area contributed by atoms with Gasteiger partial charge in [-0.15, -0.1) is 0 Å². The Morgan fingerprint density at radius 1 is 1.40 bits per heavy atom. The van der Waals surface area contributed by atoms with E-state index in [-0.39, 0.29) is 6.10 Å². The number of aryl methyl sites for hydroxylation is 1. The molecule has 1 rings (SSSR count). The van der Waals surface area contributed by atoms with E-state index in [9.17, 15) is 5.11 Å². The van der Waals surface area contributed by atoms with Gasteiger partial charge in [-0.05, 0) is 32.9 Å². The van der Waals surface area contributed by atoms with E-state index in [1.165, 1.54) is 0 Å². The number of rotatable bonds is 5. The molecule has 0 aromatic heterocycles. The number of phenols is 1. The Bertz CT molecular complexity index is 310. The topological polar surface area (TPSA) is 52.5 Å². The van der Waals surface area contributed by atoms with Crippen LogP contribution < -0.4 is 5.32 Å². The van der Waals surface area contributed by atoms with E-state index in [0.717, 1.165) is 24.1 Å². The fourth-order valence-electron chi connectivity index (χ4n) is 1.39. The molecule has 0 aliphatic heterocycles. The van der Waals surface area contributed by atoms with Crippen LogP contribution in [0.25, 0.3) is 0 Å². The van der Waals surface area contributed by atoms with Crippen molar-refractivity contribution < 1.29 is 10.2 Å². The van der Waals surface area contributed by atoms with Crippen LogP contribution in [0, 0.1) is 6.92 Å². The monoisotopic (exact) mass is 209 g/mol. The number of aromatic hydroxyl groups is 1. The summed E-state index contributed by atoms with van der Waals surface area (Å²) in [6.45, 7) is 5.16. The molecule has 0 fully saturated rings. The van der Waals surface area contributed by atoms with Gasteiger partial charge in [-0.3, -0.25) is 0 Å². The van der Waals surface area contributed by atoms with Crippen molar-refractivity contribution in [3.8, 4) is 5.75 Å². The molecule has 0 bridgehead atoms. The molecule has 3 heteroatoms. The maximum absolute atomic E-state index is 9.55. The third-order valence-corrected chi connectivity index (χ3v) is 2.29. The van der Waals surface area contributed by atoms with E-state index < -0.39 is 0 Å². The van der Waals surface area contributed by atoms with Gasteiger partial charge in [-0.2, -0.15) is 0 Å². The standard InChI is InChI=1S/C12H19NO2/c1-9-3-4-12(15)11(7-9)8-13-6-5-10(2)14/h3-4,7,10,13-15H,5-6,8H2,1-2H3/t10-/m1/s1. The van der Waals surface area contributed by atoms with E-state index in [1.807, 2.05) is 19.1 Å². The largest absolute Gasteiger partial charge is 0.508 e. The lowest BCUT2D eigenvalue weighted by Gasteiger charge is -2.08. The summed E-state index contributed by atoms with van der Waals surface area (Å²) in [5.41, 5.74) is 2.04. The minimum atomic E-state index is -0.274. The molecular weight excluding hydrogens is 190 g/mol. The van der Waals surface area contributed by atoms with Gasteiger partial charge in [0.2, 0.25) is 0 Å². The molecule has 1 atom stereocenters. The summed E-state index contributed by atoms with van der Waals surface area (Å²) >= 11 is 0. The number of benzene rings is 1. The van der Waals surface area contributed by atoms with Crippen molar-refractivity contribution in [3.05, 3.63) is 29.3 Å². The Kier molecular flexibility index (Phi) is 4.59. The lowest BCUT2D eigenvalue weighted by atomic mass is 10.1. The van der Waals surface area contributed by atoms with Crippen molar-refractivity contribution in [2.45, 2.75) is 32.9 Å². The maximum Gasteiger partial charge on any atom is 0.120 e. The molecule has 84 valence electrons. The van der Waals surface area contributed by atoms with Crippen molar-refractivity contribution in [2.24, 2.45) is 0 Å². The molecule has 3 nitrogen and oxygen atoms in total. The Labute approximate surface area is 90.8 Å². The van der Waals surface area contributed by atoms with Crippen LogP contribution in [0.2, 0.25) is 0 Å². The quantitative estimate of drug-likeness (QED) is 0.645. The zero-order valence-corrected chi connectivity index (χ0v) is 9.33. The van der Waals surface area contributed by atoms with Gasteiger partial charge in [0.25, 0.3) is 0 Å². The third-order valence-electron chi connectivity index (χ3n) is 2.29. The molecule has 0 saturated heterocycles. The van der Waals surface area contributed by atoms with Gasteiger partial charge in [0.15, 0.2) is 0 Å². The Balaban J connectivity index is 2.40. The molecule has 0 unspecified atom stereocenters. The van der Waals surface area contributed by atoms with Gasteiger partial charge in [-0.25, -0.2) is 0 Å². The zero-order valence-electron chi connectivity index (χ0n) is 9.33. The first kappa shape index (κ1) is 12.0. The predicted octanol–water partition coefficient (Wildman–Crippen LogP) is 1.56. The van der Waals surface area contributed by atoms with Gasteiger partial charge in [0, 0.05) is 12.1 Å². The second-order valence-electron chi connectivity index (χ2n) is 3.95. The summed E-state index contributed by atoms with van der Waals surface area (Å²) in [5.74, 6) is 0.324. The van der Waals surface area contributed by atoms with Crippen LogP contribution in [0.5, 0.6) is 5.75 Å². The van der Waals surface area contributed by atoms with Crippen molar-refractivity contribution in [1.29, 1.82) is 0 Å². The fraction of sp³-hybridized carbons (Fsp3) is 0.500. The van der Waals surface area contributed by atoms with Gasteiger partial charge in [0.1, 0.15) is 5.75 Å². The summed E-state index contributed by atoms with van der Waals surface area (Å²) in [7, 11) is 0. The molecule has 0 spiro atoms. The lowest BCUT2D eigenvalue weighted by Crippen LogP contribution is -2.18. The van der Waals surface area contributed by atoms with Crippen LogP contribution in [0.1, 0.15) is 24.5 Å².